The summed E-state index contributed by atoms with van der Waals surface area (Å²) >= 11 is 7.19. The molecule has 0 radical (unpaired) electrons. The molecular weight excluding hydrogens is 384 g/mol. The third kappa shape index (κ3) is 4.72. The van der Waals surface area contributed by atoms with Crippen LogP contribution in [0, 0.1) is 0 Å². The Hall–Kier alpha value is -0.100. The first kappa shape index (κ1) is 16.3. The molecule has 5 heteroatoms. The maximum atomic E-state index is 5.92. The van der Waals surface area contributed by atoms with Gasteiger partial charge in [0.15, 0.2) is 0 Å². The van der Waals surface area contributed by atoms with E-state index in [1.165, 1.54) is 31.5 Å². The van der Waals surface area contributed by atoms with E-state index >= 15 is 0 Å². The summed E-state index contributed by atoms with van der Waals surface area (Å²) in [5, 5.41) is 3.15. The van der Waals surface area contributed by atoms with E-state index in [0.717, 1.165) is 40.8 Å². The lowest BCUT2D eigenvalue weighted by atomic mass is 10.2. The number of nitrogens with zero attached hydrogens (tertiary/aromatic N) is 1. The minimum Gasteiger partial charge on any atom is -0.491 e. The molecular formula is C15H22Br2N2O. The molecule has 0 unspecified atom stereocenters. The van der Waals surface area contributed by atoms with Crippen LogP contribution < -0.4 is 10.1 Å². The molecule has 112 valence electrons. The van der Waals surface area contributed by atoms with E-state index in [-0.39, 0.29) is 0 Å². The molecule has 0 saturated carbocycles. The van der Waals surface area contributed by atoms with Gasteiger partial charge in [-0.2, -0.15) is 0 Å². The molecule has 2 rings (SSSR count). The lowest BCUT2D eigenvalue weighted by Gasteiger charge is -2.16. The minimum absolute atomic E-state index is 0.763. The van der Waals surface area contributed by atoms with Crippen molar-refractivity contribution in [3.63, 3.8) is 0 Å². The van der Waals surface area contributed by atoms with Gasteiger partial charge in [0.25, 0.3) is 0 Å². The third-order valence-electron chi connectivity index (χ3n) is 3.50. The molecule has 1 heterocycles. The quantitative estimate of drug-likeness (QED) is 0.698. The Bertz CT molecular complexity index is 411. The van der Waals surface area contributed by atoms with Crippen LogP contribution in [-0.2, 0) is 6.54 Å². The molecule has 1 N–H and O–H groups in total. The van der Waals surface area contributed by atoms with Crippen LogP contribution >= 0.6 is 31.9 Å². The number of rotatable bonds is 7. The Morgan fingerprint density at radius 1 is 1.20 bits per heavy atom. The van der Waals surface area contributed by atoms with Crippen LogP contribution in [0.5, 0.6) is 5.75 Å². The van der Waals surface area contributed by atoms with Gasteiger partial charge in [0.05, 0.1) is 15.6 Å². The van der Waals surface area contributed by atoms with Crippen LogP contribution in [0.15, 0.2) is 21.1 Å². The molecule has 1 aromatic rings. The number of likely N-dealkylation sites (tertiary alicyclic amines) is 1. The highest BCUT2D eigenvalue weighted by atomic mass is 79.9. The molecule has 1 fully saturated rings. The average molecular weight is 406 g/mol. The van der Waals surface area contributed by atoms with Gasteiger partial charge in [-0.1, -0.05) is 0 Å². The topological polar surface area (TPSA) is 24.5 Å². The van der Waals surface area contributed by atoms with E-state index < -0.39 is 0 Å². The minimum atomic E-state index is 0.763. The molecule has 0 spiro atoms. The highest BCUT2D eigenvalue weighted by Gasteiger charge is 2.12. The summed E-state index contributed by atoms with van der Waals surface area (Å²) in [5.41, 5.74) is 1.23. The lowest BCUT2D eigenvalue weighted by Crippen LogP contribution is -2.22. The fourth-order valence-corrected chi connectivity index (χ4v) is 4.04. The first-order valence-corrected chi connectivity index (χ1v) is 8.77. The summed E-state index contributed by atoms with van der Waals surface area (Å²) < 4.78 is 7.94. The number of benzene rings is 1. The standard InChI is InChI=1S/C15H22Br2N2O/c1-18-11-12-9-13(16)15(14(17)10-12)20-8-4-7-19-5-2-3-6-19/h9-10,18H,2-8,11H2,1H3. The second-order valence-electron chi connectivity index (χ2n) is 5.17. The Labute approximate surface area is 138 Å². The summed E-state index contributed by atoms with van der Waals surface area (Å²) in [6, 6.07) is 4.22. The van der Waals surface area contributed by atoms with E-state index in [2.05, 4.69) is 54.2 Å². The zero-order chi connectivity index (χ0) is 14.4. The Kier molecular flexibility index (Phi) is 6.81. The predicted octanol–water partition coefficient (Wildman–Crippen LogP) is 3.80. The van der Waals surface area contributed by atoms with E-state index in [0.29, 0.717) is 0 Å². The predicted molar refractivity (Wildman–Crippen MR) is 90.4 cm³/mol. The summed E-state index contributed by atoms with van der Waals surface area (Å²) in [4.78, 5) is 2.52. The van der Waals surface area contributed by atoms with E-state index in [9.17, 15) is 0 Å². The van der Waals surface area contributed by atoms with E-state index in [1.54, 1.807) is 0 Å². The van der Waals surface area contributed by atoms with Gasteiger partial charge < -0.3 is 15.0 Å². The maximum Gasteiger partial charge on any atom is 0.147 e. The summed E-state index contributed by atoms with van der Waals surface area (Å²) in [7, 11) is 1.95. The number of hydrogen-bond acceptors (Lipinski definition) is 3. The van der Waals surface area contributed by atoms with Crippen LogP contribution in [0.25, 0.3) is 0 Å². The van der Waals surface area contributed by atoms with Gasteiger partial charge in [-0.3, -0.25) is 0 Å². The molecule has 1 saturated heterocycles. The van der Waals surface area contributed by atoms with Gasteiger partial charge in [-0.05, 0) is 89.0 Å². The van der Waals surface area contributed by atoms with Crippen molar-refractivity contribution in [2.75, 3.05) is 33.3 Å². The zero-order valence-electron chi connectivity index (χ0n) is 11.9. The number of ether oxygens (including phenoxy) is 1. The fraction of sp³-hybridized carbons (Fsp3) is 0.600. The van der Waals surface area contributed by atoms with E-state index in [1.807, 2.05) is 7.05 Å². The Morgan fingerprint density at radius 2 is 1.85 bits per heavy atom. The molecule has 0 atom stereocenters. The normalized spacial score (nSPS) is 15.8. The molecule has 3 nitrogen and oxygen atoms in total. The van der Waals surface area contributed by atoms with E-state index in [4.69, 9.17) is 4.74 Å². The number of halogens is 2. The van der Waals surface area contributed by atoms with Gasteiger partial charge in [0.2, 0.25) is 0 Å². The highest BCUT2D eigenvalue weighted by Crippen LogP contribution is 2.34. The molecule has 0 amide bonds. The van der Waals surface area contributed by atoms with Crippen molar-refractivity contribution < 1.29 is 4.74 Å². The largest absolute Gasteiger partial charge is 0.491 e. The lowest BCUT2D eigenvalue weighted by molar-refractivity contribution is 0.261. The summed E-state index contributed by atoms with van der Waals surface area (Å²) in [6.45, 7) is 5.27. The second kappa shape index (κ2) is 8.37. The van der Waals surface area contributed by atoms with Crippen LogP contribution in [-0.4, -0.2) is 38.2 Å². The Morgan fingerprint density at radius 3 is 2.45 bits per heavy atom. The van der Waals surface area contributed by atoms with Crippen molar-refractivity contribution in [1.29, 1.82) is 0 Å². The number of nitrogens with one attached hydrogen (secondary N) is 1. The van der Waals surface area contributed by atoms with Gasteiger partial charge in [-0.25, -0.2) is 0 Å². The van der Waals surface area contributed by atoms with Crippen molar-refractivity contribution in [2.24, 2.45) is 0 Å². The molecule has 1 aromatic carbocycles. The van der Waals surface area contributed by atoms with Gasteiger partial charge in [0, 0.05) is 13.1 Å². The zero-order valence-corrected chi connectivity index (χ0v) is 15.1. The Balaban J connectivity index is 1.82. The first-order chi connectivity index (χ1) is 9.70. The third-order valence-corrected chi connectivity index (χ3v) is 4.68. The molecule has 0 bridgehead atoms. The van der Waals surface area contributed by atoms with Crippen molar-refractivity contribution in [3.05, 3.63) is 26.6 Å². The van der Waals surface area contributed by atoms with Crippen LogP contribution in [0.2, 0.25) is 0 Å². The van der Waals surface area contributed by atoms with Crippen molar-refractivity contribution in [2.45, 2.75) is 25.8 Å². The van der Waals surface area contributed by atoms with Crippen LogP contribution in [0.3, 0.4) is 0 Å². The first-order valence-electron chi connectivity index (χ1n) is 7.18. The fourth-order valence-electron chi connectivity index (χ4n) is 2.53. The molecule has 0 aliphatic carbocycles. The molecule has 0 aromatic heterocycles. The summed E-state index contributed by atoms with van der Waals surface area (Å²) in [6.07, 6.45) is 3.78. The average Bonchev–Trinajstić information content (AvgIpc) is 2.90. The molecule has 1 aliphatic heterocycles. The molecule has 20 heavy (non-hydrogen) atoms. The highest BCUT2D eigenvalue weighted by molar-refractivity contribution is 9.11. The second-order valence-corrected chi connectivity index (χ2v) is 6.88. The van der Waals surface area contributed by atoms with Crippen molar-refractivity contribution >= 4 is 31.9 Å². The summed E-state index contributed by atoms with van der Waals surface area (Å²) in [5.74, 6) is 0.909. The smallest absolute Gasteiger partial charge is 0.147 e. The van der Waals surface area contributed by atoms with Gasteiger partial charge in [0.1, 0.15) is 5.75 Å². The van der Waals surface area contributed by atoms with Crippen LogP contribution in [0.4, 0.5) is 0 Å². The van der Waals surface area contributed by atoms with Crippen molar-refractivity contribution in [1.82, 2.24) is 10.2 Å². The van der Waals surface area contributed by atoms with Crippen molar-refractivity contribution in [3.8, 4) is 5.75 Å². The maximum absolute atomic E-state index is 5.92. The van der Waals surface area contributed by atoms with Gasteiger partial charge >= 0.3 is 0 Å². The number of hydrogen-bond donors (Lipinski definition) is 1. The SMILES string of the molecule is CNCc1cc(Br)c(OCCCN2CCCC2)c(Br)c1. The van der Waals surface area contributed by atoms with Crippen LogP contribution in [0.1, 0.15) is 24.8 Å². The van der Waals surface area contributed by atoms with Gasteiger partial charge in [-0.15, -0.1) is 0 Å². The molecule has 1 aliphatic rings. The monoisotopic (exact) mass is 404 g/mol.